The average Bonchev–Trinajstić information content (AvgIpc) is 2.95. The molecule has 4 amide bonds. The van der Waals surface area contributed by atoms with Crippen molar-refractivity contribution in [3.8, 4) is 0 Å². The third kappa shape index (κ3) is 3.96. The number of nitrogens with zero attached hydrogens (tertiary/aromatic N) is 3. The van der Waals surface area contributed by atoms with Crippen LogP contribution < -0.4 is 0 Å². The Hall–Kier alpha value is -2.37. The molecule has 6 nitrogen and oxygen atoms in total. The first-order valence-corrected chi connectivity index (χ1v) is 11.4. The summed E-state index contributed by atoms with van der Waals surface area (Å²) < 4.78 is 0. The number of urea groups is 1. The number of likely N-dealkylation sites (tertiary alicyclic amines) is 1. The SMILES string of the molecule is CN1C(=O)N(CC(=O)N2CCC(CCc3ccccc3)CC2)C(=O)C12CCCCC2. The molecule has 2 saturated heterocycles. The third-order valence-corrected chi connectivity index (χ3v) is 7.43. The molecule has 0 aromatic heterocycles. The molecule has 4 rings (SSSR count). The number of aryl methyl sites for hydroxylation is 1. The minimum Gasteiger partial charge on any atom is -0.341 e. The summed E-state index contributed by atoms with van der Waals surface area (Å²) in [4.78, 5) is 43.3. The van der Waals surface area contributed by atoms with Gasteiger partial charge in [-0.15, -0.1) is 0 Å². The Labute approximate surface area is 179 Å². The maximum atomic E-state index is 13.1. The summed E-state index contributed by atoms with van der Waals surface area (Å²) in [7, 11) is 1.72. The molecule has 1 aliphatic carbocycles. The Bertz CT molecular complexity index is 780. The zero-order valence-electron chi connectivity index (χ0n) is 18.0. The number of hydrogen-bond donors (Lipinski definition) is 0. The standard InChI is InChI=1S/C24H33N3O3/c1-25-23(30)27(22(29)24(25)14-6-3-7-15-24)18-21(28)26-16-12-20(13-17-26)11-10-19-8-4-2-5-9-19/h2,4-5,8-9,20H,3,6-7,10-18H2,1H3. The van der Waals surface area contributed by atoms with Crippen LogP contribution in [-0.2, 0) is 16.0 Å². The summed E-state index contributed by atoms with van der Waals surface area (Å²) in [6.07, 6.45) is 8.65. The van der Waals surface area contributed by atoms with Crippen LogP contribution in [0.2, 0.25) is 0 Å². The quantitative estimate of drug-likeness (QED) is 0.697. The van der Waals surface area contributed by atoms with Crippen LogP contribution in [0.4, 0.5) is 4.79 Å². The first-order valence-electron chi connectivity index (χ1n) is 11.4. The van der Waals surface area contributed by atoms with Crippen LogP contribution in [0.15, 0.2) is 30.3 Å². The molecule has 3 aliphatic rings. The maximum absolute atomic E-state index is 13.1. The Kier molecular flexibility index (Phi) is 6.11. The van der Waals surface area contributed by atoms with Crippen LogP contribution in [0.3, 0.4) is 0 Å². The highest BCUT2D eigenvalue weighted by Gasteiger charge is 2.56. The van der Waals surface area contributed by atoms with Gasteiger partial charge in [-0.2, -0.15) is 0 Å². The van der Waals surface area contributed by atoms with Gasteiger partial charge < -0.3 is 9.80 Å². The van der Waals surface area contributed by atoms with Crippen molar-refractivity contribution >= 4 is 17.8 Å². The molecular formula is C24H33N3O3. The number of carbonyl (C=O) groups is 3. The van der Waals surface area contributed by atoms with E-state index in [0.29, 0.717) is 18.8 Å². The molecule has 1 spiro atoms. The Morgan fingerprint density at radius 2 is 1.70 bits per heavy atom. The first kappa shape index (κ1) is 20.9. The zero-order valence-corrected chi connectivity index (χ0v) is 18.0. The molecule has 1 saturated carbocycles. The van der Waals surface area contributed by atoms with Crippen LogP contribution in [0.25, 0.3) is 0 Å². The van der Waals surface area contributed by atoms with Gasteiger partial charge in [-0.3, -0.25) is 14.5 Å². The van der Waals surface area contributed by atoms with E-state index in [-0.39, 0.29) is 24.4 Å². The molecule has 1 aromatic carbocycles. The summed E-state index contributed by atoms with van der Waals surface area (Å²) in [5.41, 5.74) is 0.655. The Morgan fingerprint density at radius 1 is 1.03 bits per heavy atom. The third-order valence-electron chi connectivity index (χ3n) is 7.43. The van der Waals surface area contributed by atoms with E-state index < -0.39 is 5.54 Å². The highest BCUT2D eigenvalue weighted by molar-refractivity contribution is 6.08. The van der Waals surface area contributed by atoms with Crippen molar-refractivity contribution in [2.75, 3.05) is 26.7 Å². The fraction of sp³-hybridized carbons (Fsp3) is 0.625. The highest BCUT2D eigenvalue weighted by Crippen LogP contribution is 2.39. The van der Waals surface area contributed by atoms with Crippen molar-refractivity contribution in [1.29, 1.82) is 0 Å². The number of amides is 4. The predicted octanol–water partition coefficient (Wildman–Crippen LogP) is 3.45. The molecule has 6 heteroatoms. The highest BCUT2D eigenvalue weighted by atomic mass is 16.2. The van der Waals surface area contributed by atoms with Gasteiger partial charge in [0.15, 0.2) is 0 Å². The number of likely N-dealkylation sites (N-methyl/N-ethyl adjacent to an activating group) is 1. The average molecular weight is 412 g/mol. The molecule has 162 valence electrons. The minimum atomic E-state index is -0.708. The van der Waals surface area contributed by atoms with Gasteiger partial charge in [0, 0.05) is 20.1 Å². The van der Waals surface area contributed by atoms with Crippen LogP contribution in [0.5, 0.6) is 0 Å². The summed E-state index contributed by atoms with van der Waals surface area (Å²) in [5.74, 6) is 0.362. The second kappa shape index (κ2) is 8.78. The van der Waals surface area contributed by atoms with Crippen LogP contribution >= 0.6 is 0 Å². The molecule has 0 unspecified atom stereocenters. The molecule has 30 heavy (non-hydrogen) atoms. The fourth-order valence-electron chi connectivity index (χ4n) is 5.39. The predicted molar refractivity (Wildman–Crippen MR) is 115 cm³/mol. The van der Waals surface area contributed by atoms with E-state index in [1.54, 1.807) is 11.9 Å². The van der Waals surface area contributed by atoms with Gasteiger partial charge >= 0.3 is 6.03 Å². The van der Waals surface area contributed by atoms with Gasteiger partial charge in [-0.1, -0.05) is 49.6 Å². The van der Waals surface area contributed by atoms with Crippen molar-refractivity contribution in [2.24, 2.45) is 5.92 Å². The molecule has 0 bridgehead atoms. The van der Waals surface area contributed by atoms with Crippen molar-refractivity contribution in [1.82, 2.24) is 14.7 Å². The lowest BCUT2D eigenvalue weighted by Crippen LogP contribution is -2.50. The normalized spacial score (nSPS) is 22.2. The monoisotopic (exact) mass is 411 g/mol. The number of piperidine rings is 1. The fourth-order valence-corrected chi connectivity index (χ4v) is 5.39. The lowest BCUT2D eigenvalue weighted by Gasteiger charge is -2.36. The van der Waals surface area contributed by atoms with E-state index in [1.165, 1.54) is 10.5 Å². The molecule has 0 atom stereocenters. The summed E-state index contributed by atoms with van der Waals surface area (Å²) in [5, 5.41) is 0. The van der Waals surface area contributed by atoms with E-state index >= 15 is 0 Å². The molecule has 0 N–H and O–H groups in total. The van der Waals surface area contributed by atoms with Crippen LogP contribution in [-0.4, -0.2) is 64.8 Å². The van der Waals surface area contributed by atoms with Crippen LogP contribution in [0.1, 0.15) is 56.9 Å². The summed E-state index contributed by atoms with van der Waals surface area (Å²) >= 11 is 0. The second-order valence-electron chi connectivity index (χ2n) is 9.17. The Balaban J connectivity index is 1.28. The van der Waals surface area contributed by atoms with Gasteiger partial charge in [-0.25, -0.2) is 4.79 Å². The van der Waals surface area contributed by atoms with E-state index in [4.69, 9.17) is 0 Å². The summed E-state index contributed by atoms with van der Waals surface area (Å²) in [6, 6.07) is 10.2. The van der Waals surface area contributed by atoms with E-state index in [1.807, 2.05) is 11.0 Å². The lowest BCUT2D eigenvalue weighted by molar-refractivity contribution is -0.141. The van der Waals surface area contributed by atoms with Crippen LogP contribution in [0, 0.1) is 5.92 Å². The number of benzene rings is 1. The van der Waals surface area contributed by atoms with Crippen molar-refractivity contribution < 1.29 is 14.4 Å². The number of carbonyl (C=O) groups excluding carboxylic acids is 3. The molecule has 1 aromatic rings. The van der Waals surface area contributed by atoms with Crippen molar-refractivity contribution in [3.63, 3.8) is 0 Å². The Morgan fingerprint density at radius 3 is 2.37 bits per heavy atom. The summed E-state index contributed by atoms with van der Waals surface area (Å²) in [6.45, 7) is 1.32. The van der Waals surface area contributed by atoms with Crippen molar-refractivity contribution in [3.05, 3.63) is 35.9 Å². The second-order valence-corrected chi connectivity index (χ2v) is 9.17. The molecule has 2 heterocycles. The van der Waals surface area contributed by atoms with Gasteiger partial charge in [0.05, 0.1) is 0 Å². The van der Waals surface area contributed by atoms with Gasteiger partial charge in [0.25, 0.3) is 5.91 Å². The number of imide groups is 1. The largest absolute Gasteiger partial charge is 0.341 e. The number of rotatable bonds is 5. The molecule has 3 fully saturated rings. The number of hydrogen-bond acceptors (Lipinski definition) is 3. The van der Waals surface area contributed by atoms with E-state index in [9.17, 15) is 14.4 Å². The van der Waals surface area contributed by atoms with Gasteiger partial charge in [0.2, 0.25) is 5.91 Å². The maximum Gasteiger partial charge on any atom is 0.327 e. The van der Waals surface area contributed by atoms with Gasteiger partial charge in [-0.05, 0) is 50.0 Å². The smallest absolute Gasteiger partial charge is 0.327 e. The van der Waals surface area contributed by atoms with Crippen molar-refractivity contribution in [2.45, 2.75) is 63.3 Å². The zero-order chi connectivity index (χ0) is 21.1. The minimum absolute atomic E-state index is 0.0977. The first-order chi connectivity index (χ1) is 14.5. The topological polar surface area (TPSA) is 60.9 Å². The van der Waals surface area contributed by atoms with E-state index in [2.05, 4.69) is 24.3 Å². The molecular weight excluding hydrogens is 378 g/mol. The molecule has 2 aliphatic heterocycles. The lowest BCUT2D eigenvalue weighted by atomic mass is 9.81. The van der Waals surface area contributed by atoms with Gasteiger partial charge in [0.1, 0.15) is 12.1 Å². The molecule has 0 radical (unpaired) electrons. The van der Waals surface area contributed by atoms with E-state index in [0.717, 1.165) is 58.0 Å².